The molecule has 0 N–H and O–H groups in total. The van der Waals surface area contributed by atoms with Crippen LogP contribution in [-0.2, 0) is 10.3 Å². The normalized spacial score (nSPS) is 25.1. The minimum atomic E-state index is -0.535. The quantitative estimate of drug-likeness (QED) is 0.798. The van der Waals surface area contributed by atoms with Gasteiger partial charge in [-0.1, -0.05) is 0 Å². The molecule has 1 atom stereocenters. The zero-order chi connectivity index (χ0) is 16.8. The number of nitrogens with zero attached hydrogens (tertiary/aromatic N) is 3. The van der Waals surface area contributed by atoms with E-state index in [9.17, 15) is 9.59 Å². The molecule has 1 aromatic rings. The molecular formula is C17H25N3O3. The standard InChI is InChI=1S/C17H25N3O3/c1-16(2,3)20-9-6-13(10-20)14(21)19-8-5-7-17(12-19)11-18(4)15(22)23-17/h6,9-10H,5,7-8,11-12H2,1-4H3/t17-/m0/s1. The number of rotatable bonds is 1. The van der Waals surface area contributed by atoms with Gasteiger partial charge in [0.05, 0.1) is 18.7 Å². The lowest BCUT2D eigenvalue weighted by molar-refractivity contribution is -0.00521. The molecule has 23 heavy (non-hydrogen) atoms. The van der Waals surface area contributed by atoms with Crippen LogP contribution in [0, 0.1) is 0 Å². The van der Waals surface area contributed by atoms with Gasteiger partial charge in [-0.15, -0.1) is 0 Å². The van der Waals surface area contributed by atoms with Gasteiger partial charge in [-0.25, -0.2) is 4.79 Å². The van der Waals surface area contributed by atoms with Gasteiger partial charge in [-0.2, -0.15) is 0 Å². The van der Waals surface area contributed by atoms with Crippen LogP contribution in [0.4, 0.5) is 4.79 Å². The fourth-order valence-electron chi connectivity index (χ4n) is 3.40. The van der Waals surface area contributed by atoms with Crippen molar-refractivity contribution in [3.8, 4) is 0 Å². The van der Waals surface area contributed by atoms with Gasteiger partial charge in [0.2, 0.25) is 0 Å². The monoisotopic (exact) mass is 319 g/mol. The number of likely N-dealkylation sites (N-methyl/N-ethyl adjacent to an activating group) is 1. The number of hydrogen-bond donors (Lipinski definition) is 0. The van der Waals surface area contributed by atoms with Crippen molar-refractivity contribution in [1.82, 2.24) is 14.4 Å². The lowest BCUT2D eigenvalue weighted by atomic mass is 9.92. The third-order valence-corrected chi connectivity index (χ3v) is 4.68. The number of piperidine rings is 1. The van der Waals surface area contributed by atoms with Gasteiger partial charge in [-0.05, 0) is 39.7 Å². The Bertz CT molecular complexity index is 631. The Labute approximate surface area is 137 Å². The highest BCUT2D eigenvalue weighted by Gasteiger charge is 2.47. The van der Waals surface area contributed by atoms with Crippen molar-refractivity contribution in [2.75, 3.05) is 26.7 Å². The first-order valence-corrected chi connectivity index (χ1v) is 8.12. The van der Waals surface area contributed by atoms with Gasteiger partial charge < -0.3 is 19.1 Å². The molecule has 0 aromatic carbocycles. The highest BCUT2D eigenvalue weighted by Crippen LogP contribution is 2.32. The van der Waals surface area contributed by atoms with Gasteiger partial charge >= 0.3 is 6.09 Å². The molecule has 1 aromatic heterocycles. The summed E-state index contributed by atoms with van der Waals surface area (Å²) in [5, 5.41) is 0. The van der Waals surface area contributed by atoms with Crippen LogP contribution in [0.3, 0.4) is 0 Å². The summed E-state index contributed by atoms with van der Waals surface area (Å²) in [6, 6.07) is 1.86. The van der Waals surface area contributed by atoms with Crippen molar-refractivity contribution >= 4 is 12.0 Å². The fourth-order valence-corrected chi connectivity index (χ4v) is 3.40. The average Bonchev–Trinajstić information content (AvgIpc) is 3.04. The van der Waals surface area contributed by atoms with Crippen LogP contribution in [0.25, 0.3) is 0 Å². The Morgan fingerprint density at radius 2 is 2.04 bits per heavy atom. The van der Waals surface area contributed by atoms with Crippen LogP contribution in [0.15, 0.2) is 18.5 Å². The van der Waals surface area contributed by atoms with Crippen LogP contribution in [0.1, 0.15) is 44.0 Å². The summed E-state index contributed by atoms with van der Waals surface area (Å²) in [4.78, 5) is 27.9. The molecule has 0 aliphatic carbocycles. The molecule has 1 spiro atoms. The highest BCUT2D eigenvalue weighted by atomic mass is 16.6. The maximum absolute atomic E-state index is 12.8. The van der Waals surface area contributed by atoms with Gasteiger partial charge in [0, 0.05) is 31.5 Å². The van der Waals surface area contributed by atoms with E-state index in [2.05, 4.69) is 20.8 Å². The number of likely N-dealkylation sites (tertiary alicyclic amines) is 1. The predicted molar refractivity (Wildman–Crippen MR) is 86.4 cm³/mol. The van der Waals surface area contributed by atoms with Crippen LogP contribution < -0.4 is 0 Å². The minimum Gasteiger partial charge on any atom is -0.439 e. The van der Waals surface area contributed by atoms with E-state index in [1.165, 1.54) is 0 Å². The van der Waals surface area contributed by atoms with Crippen molar-refractivity contribution in [3.05, 3.63) is 24.0 Å². The molecule has 6 nitrogen and oxygen atoms in total. The van der Waals surface area contributed by atoms with Gasteiger partial charge in [0.15, 0.2) is 0 Å². The van der Waals surface area contributed by atoms with Crippen molar-refractivity contribution < 1.29 is 14.3 Å². The largest absolute Gasteiger partial charge is 0.439 e. The summed E-state index contributed by atoms with van der Waals surface area (Å²) >= 11 is 0. The van der Waals surface area contributed by atoms with Gasteiger partial charge in [-0.3, -0.25) is 4.79 Å². The summed E-state index contributed by atoms with van der Waals surface area (Å²) in [7, 11) is 1.74. The molecule has 2 aliphatic heterocycles. The smallest absolute Gasteiger partial charge is 0.410 e. The summed E-state index contributed by atoms with van der Waals surface area (Å²) < 4.78 is 7.61. The zero-order valence-corrected chi connectivity index (χ0v) is 14.3. The first-order valence-electron chi connectivity index (χ1n) is 8.12. The van der Waals surface area contributed by atoms with E-state index in [1.807, 2.05) is 27.9 Å². The number of carbonyl (C=O) groups excluding carboxylic acids is 2. The number of amides is 2. The fraction of sp³-hybridized carbons (Fsp3) is 0.647. The second-order valence-corrected chi connectivity index (χ2v) is 7.72. The average molecular weight is 319 g/mol. The number of aromatic nitrogens is 1. The van der Waals surface area contributed by atoms with E-state index in [1.54, 1.807) is 11.9 Å². The van der Waals surface area contributed by atoms with Gasteiger partial charge in [0.1, 0.15) is 5.60 Å². The zero-order valence-electron chi connectivity index (χ0n) is 14.3. The van der Waals surface area contributed by atoms with E-state index < -0.39 is 5.60 Å². The van der Waals surface area contributed by atoms with Gasteiger partial charge in [0.25, 0.3) is 5.91 Å². The molecule has 2 saturated heterocycles. The Balaban J connectivity index is 1.75. The SMILES string of the molecule is CN1C[C@]2(CCCN(C(=O)c3ccn(C(C)(C)C)c3)C2)OC1=O. The molecule has 2 fully saturated rings. The van der Waals surface area contributed by atoms with Crippen molar-refractivity contribution in [1.29, 1.82) is 0 Å². The molecule has 3 rings (SSSR count). The third-order valence-electron chi connectivity index (χ3n) is 4.68. The van der Waals surface area contributed by atoms with Crippen LogP contribution in [-0.4, -0.2) is 58.7 Å². The van der Waals surface area contributed by atoms with Crippen LogP contribution in [0.2, 0.25) is 0 Å². The molecule has 0 radical (unpaired) electrons. The van der Waals surface area contributed by atoms with E-state index in [0.717, 1.165) is 12.8 Å². The number of ether oxygens (including phenoxy) is 1. The molecule has 126 valence electrons. The van der Waals surface area contributed by atoms with E-state index >= 15 is 0 Å². The lowest BCUT2D eigenvalue weighted by Crippen LogP contribution is -2.52. The van der Waals surface area contributed by atoms with E-state index in [0.29, 0.717) is 25.2 Å². The third kappa shape index (κ3) is 2.94. The number of hydrogen-bond acceptors (Lipinski definition) is 3. The molecule has 6 heteroatoms. The second kappa shape index (κ2) is 5.28. The van der Waals surface area contributed by atoms with E-state index in [-0.39, 0.29) is 17.5 Å². The molecule has 2 amide bonds. The maximum atomic E-state index is 12.8. The lowest BCUT2D eigenvalue weighted by Gasteiger charge is -2.38. The Hall–Kier alpha value is -1.98. The first-order chi connectivity index (χ1) is 10.7. The second-order valence-electron chi connectivity index (χ2n) is 7.72. The Kier molecular flexibility index (Phi) is 3.65. The Morgan fingerprint density at radius 1 is 1.30 bits per heavy atom. The molecule has 3 heterocycles. The Morgan fingerprint density at radius 3 is 2.61 bits per heavy atom. The minimum absolute atomic E-state index is 0.0117. The highest BCUT2D eigenvalue weighted by molar-refractivity contribution is 5.94. The summed E-state index contributed by atoms with van der Waals surface area (Å²) in [6.07, 6.45) is 5.22. The molecular weight excluding hydrogens is 294 g/mol. The summed E-state index contributed by atoms with van der Waals surface area (Å²) in [5.41, 5.74) is 0.104. The molecule has 0 bridgehead atoms. The first kappa shape index (κ1) is 15.9. The van der Waals surface area contributed by atoms with Crippen molar-refractivity contribution in [2.45, 2.75) is 44.8 Å². The van der Waals surface area contributed by atoms with Crippen LogP contribution >= 0.6 is 0 Å². The topological polar surface area (TPSA) is 54.8 Å². The summed E-state index contributed by atoms with van der Waals surface area (Å²) in [5.74, 6) is 0.0117. The van der Waals surface area contributed by atoms with Crippen molar-refractivity contribution in [3.63, 3.8) is 0 Å². The van der Waals surface area contributed by atoms with Crippen LogP contribution in [0.5, 0.6) is 0 Å². The number of carbonyl (C=O) groups is 2. The molecule has 2 aliphatic rings. The maximum Gasteiger partial charge on any atom is 0.410 e. The molecule has 0 unspecified atom stereocenters. The van der Waals surface area contributed by atoms with E-state index in [4.69, 9.17) is 4.74 Å². The molecule has 0 saturated carbocycles. The van der Waals surface area contributed by atoms with Crippen molar-refractivity contribution in [2.24, 2.45) is 0 Å². The summed E-state index contributed by atoms with van der Waals surface area (Å²) in [6.45, 7) is 8.05. The predicted octanol–water partition coefficient (Wildman–Crippen LogP) is 2.30.